The van der Waals surface area contributed by atoms with Crippen LogP contribution in [-0.4, -0.2) is 23.0 Å². The highest BCUT2D eigenvalue weighted by Crippen LogP contribution is 2.03. The van der Waals surface area contributed by atoms with E-state index < -0.39 is 0 Å². The van der Waals surface area contributed by atoms with Crippen molar-refractivity contribution in [2.24, 2.45) is 0 Å². The summed E-state index contributed by atoms with van der Waals surface area (Å²) in [5, 5.41) is 2.69. The molecule has 6 heteroatoms. The summed E-state index contributed by atoms with van der Waals surface area (Å²) >= 11 is 0. The molecule has 0 aliphatic rings. The fourth-order valence-corrected chi connectivity index (χ4v) is 1.22. The first kappa shape index (κ1) is 11.1. The first-order valence-corrected chi connectivity index (χ1v) is 4.96. The number of rotatable bonds is 4. The average Bonchev–Trinajstić information content (AvgIpc) is 2.89. The lowest BCUT2D eigenvalue weighted by atomic mass is 10.3. The van der Waals surface area contributed by atoms with Crippen molar-refractivity contribution in [3.05, 3.63) is 42.1 Å². The highest BCUT2D eigenvalue weighted by atomic mass is 16.5. The lowest BCUT2D eigenvalue weighted by Gasteiger charge is -2.03. The number of hydrogen-bond acceptors (Lipinski definition) is 5. The van der Waals surface area contributed by atoms with Gasteiger partial charge in [-0.05, 0) is 12.1 Å². The van der Waals surface area contributed by atoms with Crippen molar-refractivity contribution in [3.63, 3.8) is 0 Å². The lowest BCUT2D eigenvalue weighted by molar-refractivity contribution is 0.0947. The maximum absolute atomic E-state index is 11.7. The minimum Gasteiger partial charge on any atom is -0.467 e. The summed E-state index contributed by atoms with van der Waals surface area (Å²) in [5.41, 5.74) is 0.373. The Kier molecular flexibility index (Phi) is 3.34. The number of methoxy groups -OCH3 is 1. The van der Waals surface area contributed by atoms with E-state index in [-0.39, 0.29) is 11.9 Å². The van der Waals surface area contributed by atoms with Crippen molar-refractivity contribution in [2.45, 2.75) is 6.54 Å². The third kappa shape index (κ3) is 2.81. The Bertz CT molecular complexity index is 479. The minimum atomic E-state index is -0.260. The predicted octanol–water partition coefficient (Wildman–Crippen LogP) is 1.01. The molecule has 2 aromatic rings. The van der Waals surface area contributed by atoms with Gasteiger partial charge in [0.15, 0.2) is 0 Å². The molecule has 2 aromatic heterocycles. The third-order valence-electron chi connectivity index (χ3n) is 2.08. The van der Waals surface area contributed by atoms with Gasteiger partial charge >= 0.3 is 6.01 Å². The number of nitrogens with zero attached hydrogens (tertiary/aromatic N) is 2. The smallest absolute Gasteiger partial charge is 0.316 e. The normalized spacial score (nSPS) is 9.94. The van der Waals surface area contributed by atoms with Crippen LogP contribution in [0.25, 0.3) is 0 Å². The molecule has 0 spiro atoms. The Balaban J connectivity index is 1.95. The zero-order chi connectivity index (χ0) is 12.1. The minimum absolute atomic E-state index is 0.229. The molecule has 0 aromatic carbocycles. The maximum atomic E-state index is 11.7. The van der Waals surface area contributed by atoms with Crippen LogP contribution in [0.1, 0.15) is 16.1 Å². The fraction of sp³-hybridized carbons (Fsp3) is 0.182. The third-order valence-corrected chi connectivity index (χ3v) is 2.08. The summed E-state index contributed by atoms with van der Waals surface area (Å²) in [6, 6.07) is 3.77. The number of nitrogens with one attached hydrogen (secondary N) is 1. The summed E-state index contributed by atoms with van der Waals surface area (Å²) in [6.07, 6.45) is 4.37. The van der Waals surface area contributed by atoms with Gasteiger partial charge in [-0.15, -0.1) is 0 Å². The summed E-state index contributed by atoms with van der Waals surface area (Å²) < 4.78 is 9.89. The van der Waals surface area contributed by atoms with Crippen molar-refractivity contribution >= 4 is 5.91 Å². The van der Waals surface area contributed by atoms with E-state index >= 15 is 0 Å². The van der Waals surface area contributed by atoms with E-state index in [1.165, 1.54) is 19.5 Å². The van der Waals surface area contributed by atoms with E-state index in [2.05, 4.69) is 15.3 Å². The molecule has 0 bridgehead atoms. The number of carbonyl (C=O) groups excluding carboxylic acids is 1. The van der Waals surface area contributed by atoms with E-state index in [1.807, 2.05) is 0 Å². The Morgan fingerprint density at radius 3 is 2.82 bits per heavy atom. The van der Waals surface area contributed by atoms with E-state index in [0.29, 0.717) is 17.9 Å². The Labute approximate surface area is 97.6 Å². The van der Waals surface area contributed by atoms with Crippen LogP contribution in [0.15, 0.2) is 35.2 Å². The number of amides is 1. The van der Waals surface area contributed by atoms with Crippen molar-refractivity contribution < 1.29 is 13.9 Å². The quantitative estimate of drug-likeness (QED) is 0.852. The number of ether oxygens (including phenoxy) is 1. The second-order valence-corrected chi connectivity index (χ2v) is 3.22. The molecule has 0 aliphatic heterocycles. The summed E-state index contributed by atoms with van der Waals surface area (Å²) in [5.74, 6) is 0.428. The molecule has 6 nitrogen and oxygen atoms in total. The van der Waals surface area contributed by atoms with Gasteiger partial charge in [-0.2, -0.15) is 0 Å². The predicted molar refractivity (Wildman–Crippen MR) is 58.5 cm³/mol. The molecule has 0 atom stereocenters. The molecular weight excluding hydrogens is 222 g/mol. The lowest BCUT2D eigenvalue weighted by Crippen LogP contribution is -2.22. The summed E-state index contributed by atoms with van der Waals surface area (Å²) in [7, 11) is 1.46. The molecule has 0 radical (unpaired) electrons. The maximum Gasteiger partial charge on any atom is 0.316 e. The van der Waals surface area contributed by atoms with Crippen molar-refractivity contribution in [3.8, 4) is 6.01 Å². The van der Waals surface area contributed by atoms with Gasteiger partial charge < -0.3 is 14.5 Å². The molecule has 2 rings (SSSR count). The topological polar surface area (TPSA) is 77.2 Å². The van der Waals surface area contributed by atoms with Crippen LogP contribution in [-0.2, 0) is 6.54 Å². The number of hydrogen-bond donors (Lipinski definition) is 1. The second-order valence-electron chi connectivity index (χ2n) is 3.22. The van der Waals surface area contributed by atoms with Crippen LogP contribution in [0.4, 0.5) is 0 Å². The van der Waals surface area contributed by atoms with Crippen molar-refractivity contribution in [1.82, 2.24) is 15.3 Å². The van der Waals surface area contributed by atoms with Gasteiger partial charge in [-0.25, -0.2) is 9.97 Å². The number of aromatic nitrogens is 2. The van der Waals surface area contributed by atoms with Crippen LogP contribution in [0.2, 0.25) is 0 Å². The summed E-state index contributed by atoms with van der Waals surface area (Å²) in [4.78, 5) is 19.4. The van der Waals surface area contributed by atoms with E-state index in [9.17, 15) is 4.79 Å². The number of furan rings is 1. The van der Waals surface area contributed by atoms with Gasteiger partial charge in [0.05, 0.1) is 25.5 Å². The highest BCUT2D eigenvalue weighted by molar-refractivity contribution is 5.93. The average molecular weight is 233 g/mol. The molecule has 17 heavy (non-hydrogen) atoms. The van der Waals surface area contributed by atoms with Gasteiger partial charge in [-0.1, -0.05) is 0 Å². The van der Waals surface area contributed by atoms with Crippen molar-refractivity contribution in [1.29, 1.82) is 0 Å². The van der Waals surface area contributed by atoms with Gasteiger partial charge in [-0.3, -0.25) is 4.79 Å². The highest BCUT2D eigenvalue weighted by Gasteiger charge is 2.07. The zero-order valence-corrected chi connectivity index (χ0v) is 9.21. The van der Waals surface area contributed by atoms with Crippen LogP contribution in [0.3, 0.4) is 0 Å². The molecule has 1 N–H and O–H groups in total. The largest absolute Gasteiger partial charge is 0.467 e. The standard InChI is InChI=1S/C11H11N3O3/c1-16-11-13-5-8(6-14-11)10(15)12-7-9-3-2-4-17-9/h2-6H,7H2,1H3,(H,12,15). The second kappa shape index (κ2) is 5.11. The molecule has 0 unspecified atom stereocenters. The van der Waals surface area contributed by atoms with Gasteiger partial charge in [0.1, 0.15) is 5.76 Å². The van der Waals surface area contributed by atoms with Crippen LogP contribution in [0, 0.1) is 0 Å². The van der Waals surface area contributed by atoms with Gasteiger partial charge in [0, 0.05) is 12.4 Å². The molecule has 0 fully saturated rings. The van der Waals surface area contributed by atoms with E-state index in [4.69, 9.17) is 9.15 Å². The SMILES string of the molecule is COc1ncc(C(=O)NCc2ccco2)cn1. The Morgan fingerprint density at radius 1 is 1.47 bits per heavy atom. The number of carbonyl (C=O) groups is 1. The molecule has 0 saturated carbocycles. The molecule has 0 saturated heterocycles. The van der Waals surface area contributed by atoms with Crippen molar-refractivity contribution in [2.75, 3.05) is 7.11 Å². The van der Waals surface area contributed by atoms with E-state index in [1.54, 1.807) is 18.4 Å². The monoisotopic (exact) mass is 233 g/mol. The Hall–Kier alpha value is -2.37. The first-order valence-electron chi connectivity index (χ1n) is 4.96. The van der Waals surface area contributed by atoms with Gasteiger partial charge in [0.2, 0.25) is 0 Å². The zero-order valence-electron chi connectivity index (χ0n) is 9.21. The molecule has 2 heterocycles. The molecule has 0 aliphatic carbocycles. The first-order chi connectivity index (χ1) is 8.29. The fourth-order valence-electron chi connectivity index (χ4n) is 1.22. The van der Waals surface area contributed by atoms with Gasteiger partial charge in [0.25, 0.3) is 5.91 Å². The molecular formula is C11H11N3O3. The van der Waals surface area contributed by atoms with Crippen LogP contribution in [0.5, 0.6) is 6.01 Å². The Morgan fingerprint density at radius 2 is 2.24 bits per heavy atom. The molecule has 1 amide bonds. The molecule has 88 valence electrons. The van der Waals surface area contributed by atoms with Crippen LogP contribution < -0.4 is 10.1 Å². The summed E-state index contributed by atoms with van der Waals surface area (Å²) in [6.45, 7) is 0.331. The van der Waals surface area contributed by atoms with E-state index in [0.717, 1.165) is 0 Å². The van der Waals surface area contributed by atoms with Crippen LogP contribution >= 0.6 is 0 Å².